The van der Waals surface area contributed by atoms with Crippen molar-refractivity contribution in [3.63, 3.8) is 0 Å². The number of rotatable bonds is 3. The fourth-order valence-corrected chi connectivity index (χ4v) is 2.85. The quantitative estimate of drug-likeness (QED) is 0.536. The van der Waals surface area contributed by atoms with Gasteiger partial charge < -0.3 is 0 Å². The van der Waals surface area contributed by atoms with E-state index in [-0.39, 0.29) is 0 Å². The lowest BCUT2D eigenvalue weighted by atomic mass is 10.2. The molecule has 4 rings (SSSR count). The van der Waals surface area contributed by atoms with Crippen LogP contribution in [-0.4, -0.2) is 0 Å². The molecule has 0 heteroatoms. The zero-order valence-electron chi connectivity index (χ0n) is 13.4. The van der Waals surface area contributed by atoms with Crippen molar-refractivity contribution in [2.24, 2.45) is 0 Å². The number of hydrogen-bond donors (Lipinski definition) is 0. The highest BCUT2D eigenvalue weighted by Crippen LogP contribution is 2.48. The molecule has 1 aliphatic rings. The SMILES string of the molecule is C(=C1C(=Cc2ccccc2)C1=Cc1ccccc1)c1ccccc1. The summed E-state index contributed by atoms with van der Waals surface area (Å²) in [5.41, 5.74) is 7.70. The zero-order chi connectivity index (χ0) is 16.2. The van der Waals surface area contributed by atoms with Crippen molar-refractivity contribution >= 4 is 18.2 Å². The molecule has 114 valence electrons. The summed E-state index contributed by atoms with van der Waals surface area (Å²) in [5, 5.41) is 0. The van der Waals surface area contributed by atoms with Crippen LogP contribution in [0.25, 0.3) is 18.2 Å². The van der Waals surface area contributed by atoms with E-state index in [1.165, 1.54) is 33.4 Å². The van der Waals surface area contributed by atoms with Crippen LogP contribution in [0.3, 0.4) is 0 Å². The van der Waals surface area contributed by atoms with Gasteiger partial charge in [-0.05, 0) is 51.6 Å². The van der Waals surface area contributed by atoms with Gasteiger partial charge in [0.25, 0.3) is 0 Å². The summed E-state index contributed by atoms with van der Waals surface area (Å²) >= 11 is 0. The summed E-state index contributed by atoms with van der Waals surface area (Å²) in [4.78, 5) is 0. The van der Waals surface area contributed by atoms with Crippen LogP contribution in [0.1, 0.15) is 16.7 Å². The highest BCUT2D eigenvalue weighted by molar-refractivity contribution is 5.97. The molecule has 0 amide bonds. The maximum absolute atomic E-state index is 2.27. The first kappa shape index (κ1) is 14.5. The van der Waals surface area contributed by atoms with Crippen LogP contribution in [0.4, 0.5) is 0 Å². The standard InChI is InChI=1S/C24H18/c1-4-10-19(11-5-1)16-22-23(17-20-12-6-2-7-13-20)24(22)18-21-14-8-3-9-15-21/h1-18H. The Morgan fingerprint density at radius 1 is 0.333 bits per heavy atom. The average Bonchev–Trinajstić information content (AvgIpc) is 3.27. The lowest BCUT2D eigenvalue weighted by Crippen LogP contribution is -1.68. The molecule has 0 spiro atoms. The van der Waals surface area contributed by atoms with Crippen LogP contribution in [-0.2, 0) is 0 Å². The normalized spacial score (nSPS) is 12.8. The molecule has 1 aliphatic carbocycles. The summed E-state index contributed by atoms with van der Waals surface area (Å²) in [6.07, 6.45) is 6.80. The Bertz CT molecular complexity index is 772. The highest BCUT2D eigenvalue weighted by Gasteiger charge is 2.29. The second-order valence-corrected chi connectivity index (χ2v) is 5.91. The van der Waals surface area contributed by atoms with Gasteiger partial charge in [0, 0.05) is 0 Å². The van der Waals surface area contributed by atoms with Gasteiger partial charge in [-0.1, -0.05) is 91.0 Å². The van der Waals surface area contributed by atoms with Crippen LogP contribution in [0.15, 0.2) is 108 Å². The molecule has 0 aliphatic heterocycles. The first-order chi connectivity index (χ1) is 11.9. The highest BCUT2D eigenvalue weighted by atomic mass is 14.3. The van der Waals surface area contributed by atoms with Gasteiger partial charge in [-0.25, -0.2) is 0 Å². The average molecular weight is 306 g/mol. The van der Waals surface area contributed by atoms with Crippen molar-refractivity contribution in [2.75, 3.05) is 0 Å². The predicted molar refractivity (Wildman–Crippen MR) is 103 cm³/mol. The Kier molecular flexibility index (Phi) is 3.95. The summed E-state index contributed by atoms with van der Waals surface area (Å²) in [6, 6.07) is 31.5. The maximum Gasteiger partial charge on any atom is -0.00926 e. The van der Waals surface area contributed by atoms with E-state index in [0.29, 0.717) is 0 Å². The Labute approximate surface area is 143 Å². The molecule has 0 atom stereocenters. The van der Waals surface area contributed by atoms with Gasteiger partial charge in [-0.15, -0.1) is 0 Å². The third kappa shape index (κ3) is 3.28. The Morgan fingerprint density at radius 2 is 0.583 bits per heavy atom. The van der Waals surface area contributed by atoms with E-state index in [0.717, 1.165) is 0 Å². The first-order valence-electron chi connectivity index (χ1n) is 8.21. The van der Waals surface area contributed by atoms with Crippen LogP contribution >= 0.6 is 0 Å². The second kappa shape index (κ2) is 6.55. The molecule has 3 aromatic rings. The molecule has 0 nitrogen and oxygen atoms in total. The third-order valence-electron chi connectivity index (χ3n) is 4.14. The lowest BCUT2D eigenvalue weighted by molar-refractivity contribution is 1.65. The predicted octanol–water partition coefficient (Wildman–Crippen LogP) is 6.25. The number of benzene rings is 3. The van der Waals surface area contributed by atoms with E-state index in [1.807, 2.05) is 0 Å². The molecule has 1 saturated carbocycles. The maximum atomic E-state index is 2.27. The van der Waals surface area contributed by atoms with Crippen LogP contribution in [0.2, 0.25) is 0 Å². The molecule has 0 bridgehead atoms. The van der Waals surface area contributed by atoms with E-state index in [2.05, 4.69) is 109 Å². The molecule has 0 heterocycles. The van der Waals surface area contributed by atoms with Gasteiger partial charge in [-0.3, -0.25) is 0 Å². The monoisotopic (exact) mass is 306 g/mol. The van der Waals surface area contributed by atoms with Crippen molar-refractivity contribution in [1.29, 1.82) is 0 Å². The molecule has 24 heavy (non-hydrogen) atoms. The molecule has 0 N–H and O–H groups in total. The van der Waals surface area contributed by atoms with Gasteiger partial charge in [0.1, 0.15) is 0 Å². The molecule has 0 saturated heterocycles. The van der Waals surface area contributed by atoms with E-state index in [9.17, 15) is 0 Å². The van der Waals surface area contributed by atoms with Gasteiger partial charge in [0.05, 0.1) is 0 Å². The van der Waals surface area contributed by atoms with E-state index in [1.54, 1.807) is 0 Å². The minimum atomic E-state index is 1.24. The fourth-order valence-electron chi connectivity index (χ4n) is 2.85. The fraction of sp³-hybridized carbons (Fsp3) is 0. The molecular formula is C24H18. The minimum Gasteiger partial charge on any atom is -0.0622 e. The molecule has 0 radical (unpaired) electrons. The van der Waals surface area contributed by atoms with Gasteiger partial charge in [0.15, 0.2) is 0 Å². The molecule has 1 fully saturated rings. The molecule has 0 unspecified atom stereocenters. The van der Waals surface area contributed by atoms with Crippen molar-refractivity contribution in [3.05, 3.63) is 124 Å². The van der Waals surface area contributed by atoms with Gasteiger partial charge in [0.2, 0.25) is 0 Å². The van der Waals surface area contributed by atoms with Gasteiger partial charge in [-0.2, -0.15) is 0 Å². The Hall–Kier alpha value is -3.12. The largest absolute Gasteiger partial charge is 0.0622 e. The van der Waals surface area contributed by atoms with Crippen molar-refractivity contribution < 1.29 is 0 Å². The third-order valence-corrected chi connectivity index (χ3v) is 4.14. The van der Waals surface area contributed by atoms with Crippen LogP contribution in [0.5, 0.6) is 0 Å². The Balaban J connectivity index is 1.74. The minimum absolute atomic E-state index is 1.24. The number of hydrogen-bond acceptors (Lipinski definition) is 0. The smallest absolute Gasteiger partial charge is 0.00926 e. The van der Waals surface area contributed by atoms with Gasteiger partial charge >= 0.3 is 0 Å². The summed E-state index contributed by atoms with van der Waals surface area (Å²) in [7, 11) is 0. The molecular weight excluding hydrogens is 288 g/mol. The lowest BCUT2D eigenvalue weighted by Gasteiger charge is -1.89. The van der Waals surface area contributed by atoms with Crippen LogP contribution < -0.4 is 0 Å². The number of allylic oxidation sites excluding steroid dienone is 3. The molecule has 0 aromatic heterocycles. The van der Waals surface area contributed by atoms with Crippen molar-refractivity contribution in [1.82, 2.24) is 0 Å². The summed E-state index contributed by atoms with van der Waals surface area (Å²) in [5.74, 6) is 0. The first-order valence-corrected chi connectivity index (χ1v) is 8.21. The van der Waals surface area contributed by atoms with E-state index in [4.69, 9.17) is 0 Å². The van der Waals surface area contributed by atoms with Crippen LogP contribution in [0, 0.1) is 0 Å². The molecule has 3 aromatic carbocycles. The second-order valence-electron chi connectivity index (χ2n) is 5.91. The van der Waals surface area contributed by atoms with Crippen molar-refractivity contribution in [3.8, 4) is 0 Å². The Morgan fingerprint density at radius 3 is 0.833 bits per heavy atom. The van der Waals surface area contributed by atoms with E-state index < -0.39 is 0 Å². The van der Waals surface area contributed by atoms with Crippen molar-refractivity contribution in [2.45, 2.75) is 0 Å². The zero-order valence-corrected chi connectivity index (χ0v) is 13.4. The van der Waals surface area contributed by atoms with E-state index >= 15 is 0 Å². The topological polar surface area (TPSA) is 0 Å². The summed E-state index contributed by atoms with van der Waals surface area (Å²) < 4.78 is 0. The summed E-state index contributed by atoms with van der Waals surface area (Å²) in [6.45, 7) is 0.